The van der Waals surface area contributed by atoms with E-state index in [0.29, 0.717) is 0 Å². The fraction of sp³-hybridized carbons (Fsp3) is 0.364. The number of hydrogen-bond acceptors (Lipinski definition) is 2. The van der Waals surface area contributed by atoms with Crippen molar-refractivity contribution < 1.29 is 30.6 Å². The molecule has 0 aliphatic heterocycles. The Bertz CT molecular complexity index is 317. The van der Waals surface area contributed by atoms with Crippen molar-refractivity contribution in [3.05, 3.63) is 35.9 Å². The third-order valence-corrected chi connectivity index (χ3v) is 2.60. The van der Waals surface area contributed by atoms with Gasteiger partial charge in [-0.2, -0.15) is 30.3 Å². The first-order valence-electron chi connectivity index (χ1n) is 4.34. The predicted octanol–water partition coefficient (Wildman–Crippen LogP) is 1.69. The minimum Gasteiger partial charge on any atom is -0.468 e. The summed E-state index contributed by atoms with van der Waals surface area (Å²) in [5, 5.41) is 0. The topological polar surface area (TPSA) is 26.3 Å². The number of ether oxygens (including phenoxy) is 1. The molecule has 1 fully saturated rings. The Morgan fingerprint density at radius 2 is 2.00 bits per heavy atom. The van der Waals surface area contributed by atoms with Gasteiger partial charge in [-0.25, -0.2) is 0 Å². The number of carbonyl (C=O) groups is 1. The number of carbonyl (C=O) groups excluding carboxylic acids is 1. The van der Waals surface area contributed by atoms with Gasteiger partial charge in [0.05, 0.1) is 12.5 Å². The zero-order chi connectivity index (χ0) is 9.31. The third kappa shape index (κ3) is 1.76. The number of esters is 1. The van der Waals surface area contributed by atoms with Gasteiger partial charge in [0, 0.05) is 21.1 Å². The summed E-state index contributed by atoms with van der Waals surface area (Å²) in [6.07, 6.45) is 1.81. The molecular weight excluding hydrogens is 348 g/mol. The van der Waals surface area contributed by atoms with Gasteiger partial charge in [0.2, 0.25) is 0 Å². The molecule has 0 heterocycles. The van der Waals surface area contributed by atoms with Crippen molar-refractivity contribution in [2.45, 2.75) is 18.3 Å². The van der Waals surface area contributed by atoms with Crippen molar-refractivity contribution in [1.82, 2.24) is 0 Å². The zero-order valence-corrected chi connectivity index (χ0v) is 10.9. The van der Waals surface area contributed by atoms with Crippen LogP contribution in [0.3, 0.4) is 0 Å². The van der Waals surface area contributed by atoms with Crippen LogP contribution in [0.15, 0.2) is 24.3 Å². The van der Waals surface area contributed by atoms with E-state index in [1.807, 2.05) is 24.3 Å². The monoisotopic (exact) mass is 359 g/mol. The molecule has 0 unspecified atom stereocenters. The van der Waals surface area contributed by atoms with Crippen LogP contribution in [0.5, 0.6) is 0 Å². The van der Waals surface area contributed by atoms with Crippen LogP contribution >= 0.6 is 0 Å². The molecule has 0 atom stereocenters. The van der Waals surface area contributed by atoms with Gasteiger partial charge in [-0.1, -0.05) is 0 Å². The normalized spacial score (nSPS) is 16.6. The summed E-state index contributed by atoms with van der Waals surface area (Å²) < 4.78 is 4.78. The van der Waals surface area contributed by atoms with Gasteiger partial charge in [-0.3, -0.25) is 4.79 Å². The van der Waals surface area contributed by atoms with E-state index in [-0.39, 0.29) is 32.4 Å². The Morgan fingerprint density at radius 1 is 1.43 bits per heavy atom. The largest absolute Gasteiger partial charge is 0.468 e. The minimum atomic E-state index is -0.330. The molecule has 14 heavy (non-hydrogen) atoms. The number of methoxy groups -OCH3 is 1. The smallest absolute Gasteiger partial charge is 0.314 e. The van der Waals surface area contributed by atoms with E-state index in [9.17, 15) is 4.79 Å². The van der Waals surface area contributed by atoms with Gasteiger partial charge < -0.3 is 4.74 Å². The van der Waals surface area contributed by atoms with Crippen LogP contribution in [0.2, 0.25) is 0 Å². The standard InChI is InChI=1S/C11H11O2.W/c1-13-10(12)11(7-8-11)9-5-3-2-4-6-9;/h3-6H,7-8H2,1H3;/q-1;. The van der Waals surface area contributed by atoms with Crippen LogP contribution in [0, 0.1) is 6.07 Å². The van der Waals surface area contributed by atoms with Crippen LogP contribution in [0.1, 0.15) is 18.4 Å². The zero-order valence-electron chi connectivity index (χ0n) is 7.95. The summed E-state index contributed by atoms with van der Waals surface area (Å²) in [4.78, 5) is 11.5. The molecule has 0 radical (unpaired) electrons. The molecule has 2 nitrogen and oxygen atoms in total. The Kier molecular flexibility index (Phi) is 3.49. The number of benzene rings is 1. The Labute approximate surface area is 97.9 Å². The van der Waals surface area contributed by atoms with Crippen molar-refractivity contribution in [2.75, 3.05) is 7.11 Å². The Morgan fingerprint density at radius 3 is 2.43 bits per heavy atom. The average molecular weight is 359 g/mol. The van der Waals surface area contributed by atoms with Crippen molar-refractivity contribution in [2.24, 2.45) is 0 Å². The fourth-order valence-corrected chi connectivity index (χ4v) is 1.64. The minimum absolute atomic E-state index is 0. The Hall–Kier alpha value is -0.622. The molecule has 1 aromatic rings. The van der Waals surface area contributed by atoms with E-state index in [1.165, 1.54) is 7.11 Å². The summed E-state index contributed by atoms with van der Waals surface area (Å²) in [5.41, 5.74) is 0.724. The maximum absolute atomic E-state index is 11.5. The van der Waals surface area contributed by atoms with E-state index in [2.05, 4.69) is 6.07 Å². The molecule has 1 aromatic carbocycles. The molecular formula is C11H11O2W-. The number of hydrogen-bond donors (Lipinski definition) is 0. The van der Waals surface area contributed by atoms with Gasteiger partial charge >= 0.3 is 5.97 Å². The van der Waals surface area contributed by atoms with Gasteiger partial charge in [-0.15, -0.1) is 5.56 Å². The van der Waals surface area contributed by atoms with Crippen LogP contribution < -0.4 is 0 Å². The van der Waals surface area contributed by atoms with E-state index < -0.39 is 0 Å². The summed E-state index contributed by atoms with van der Waals surface area (Å²) in [7, 11) is 1.44. The van der Waals surface area contributed by atoms with Crippen molar-refractivity contribution in [1.29, 1.82) is 0 Å². The van der Waals surface area contributed by atoms with Crippen LogP contribution in [-0.2, 0) is 36.0 Å². The van der Waals surface area contributed by atoms with Gasteiger partial charge in [0.25, 0.3) is 0 Å². The predicted molar refractivity (Wildman–Crippen MR) is 48.2 cm³/mol. The van der Waals surface area contributed by atoms with Gasteiger partial charge in [0.1, 0.15) is 0 Å². The quantitative estimate of drug-likeness (QED) is 0.594. The van der Waals surface area contributed by atoms with Crippen molar-refractivity contribution in [3.63, 3.8) is 0 Å². The first kappa shape index (κ1) is 11.5. The molecule has 0 saturated heterocycles. The fourth-order valence-electron chi connectivity index (χ4n) is 1.64. The van der Waals surface area contributed by atoms with Crippen LogP contribution in [0.4, 0.5) is 0 Å². The molecule has 74 valence electrons. The van der Waals surface area contributed by atoms with E-state index >= 15 is 0 Å². The molecule has 1 aliphatic rings. The third-order valence-electron chi connectivity index (χ3n) is 2.60. The second-order valence-corrected chi connectivity index (χ2v) is 3.36. The molecule has 0 bridgehead atoms. The van der Waals surface area contributed by atoms with E-state index in [4.69, 9.17) is 4.74 Å². The molecule has 0 aromatic heterocycles. The maximum atomic E-state index is 11.5. The molecule has 0 N–H and O–H groups in total. The summed E-state index contributed by atoms with van der Waals surface area (Å²) in [6.45, 7) is 0. The Balaban J connectivity index is 0.000000980. The average Bonchev–Trinajstić information content (AvgIpc) is 2.99. The summed E-state index contributed by atoms with van der Waals surface area (Å²) in [6, 6.07) is 10.5. The molecule has 2 rings (SSSR count). The second-order valence-electron chi connectivity index (χ2n) is 3.36. The molecule has 3 heteroatoms. The summed E-state index contributed by atoms with van der Waals surface area (Å²) in [5.74, 6) is -0.112. The number of rotatable bonds is 2. The molecule has 0 spiro atoms. The SMILES string of the molecule is COC(=O)C1(c2cc[c-]cc2)CC1.[W]. The van der Waals surface area contributed by atoms with Gasteiger partial charge in [0.15, 0.2) is 0 Å². The molecule has 0 amide bonds. The van der Waals surface area contributed by atoms with Gasteiger partial charge in [-0.05, 0) is 12.8 Å². The maximum Gasteiger partial charge on any atom is 0.314 e. The molecule has 1 aliphatic carbocycles. The first-order chi connectivity index (χ1) is 6.29. The van der Waals surface area contributed by atoms with E-state index in [1.54, 1.807) is 0 Å². The van der Waals surface area contributed by atoms with Crippen LogP contribution in [-0.4, -0.2) is 13.1 Å². The summed E-state index contributed by atoms with van der Waals surface area (Å²) >= 11 is 0. The van der Waals surface area contributed by atoms with Crippen molar-refractivity contribution >= 4 is 5.97 Å². The second kappa shape index (κ2) is 4.27. The molecule has 1 saturated carbocycles. The van der Waals surface area contributed by atoms with E-state index in [0.717, 1.165) is 18.4 Å². The first-order valence-corrected chi connectivity index (χ1v) is 4.34. The van der Waals surface area contributed by atoms with Crippen molar-refractivity contribution in [3.8, 4) is 0 Å². The van der Waals surface area contributed by atoms with Crippen LogP contribution in [0.25, 0.3) is 0 Å².